The van der Waals surface area contributed by atoms with Gasteiger partial charge in [-0.05, 0) is 12.8 Å². The molecule has 0 saturated heterocycles. The Hall–Kier alpha value is -0.450. The molecule has 0 fully saturated rings. The molecule has 1 unspecified atom stereocenters. The minimum absolute atomic E-state index is 0.206. The Morgan fingerprint density at radius 1 is 0.913 bits per heavy atom. The summed E-state index contributed by atoms with van der Waals surface area (Å²) in [6.07, 6.45) is 12.4. The number of carbonyl (C=O) groups is 1. The molecule has 0 rings (SSSR count). The molecule has 0 spiro atoms. The van der Waals surface area contributed by atoms with Gasteiger partial charge in [-0.1, -0.05) is 65.2 Å². The smallest absolute Gasteiger partial charge is 0.223 e. The van der Waals surface area contributed by atoms with Crippen molar-refractivity contribution >= 4 is 5.78 Å². The Morgan fingerprint density at radius 2 is 1.39 bits per heavy atom. The minimum Gasteiger partial charge on any atom is -0.365 e. The maximum Gasteiger partial charge on any atom is 0.223 e. The normalized spacial score (nSPS) is 14.7. The van der Waals surface area contributed by atoms with Crippen LogP contribution in [0, 0.1) is 0 Å². The number of unbranched alkanes of at least 4 members (excludes halogenated alkanes) is 8. The maximum absolute atomic E-state index is 12.2. The van der Waals surface area contributed by atoms with Crippen LogP contribution < -0.4 is 5.73 Å². The standard InChI is InChI=1S/C19H41N2O2/c1-5-7-8-9-10-11-12-13-14-15-18(22)19(20,23)17-21(3,4)16-6-2/h23H,5-17,20H2,1-4H3/q+1. The quantitative estimate of drug-likeness (QED) is 0.274. The molecule has 0 bridgehead atoms. The van der Waals surface area contributed by atoms with Gasteiger partial charge in [-0.15, -0.1) is 0 Å². The summed E-state index contributed by atoms with van der Waals surface area (Å²) in [6, 6.07) is 0. The van der Waals surface area contributed by atoms with E-state index in [0.717, 1.165) is 25.8 Å². The maximum atomic E-state index is 12.2. The van der Waals surface area contributed by atoms with Gasteiger partial charge in [0, 0.05) is 6.42 Å². The summed E-state index contributed by atoms with van der Waals surface area (Å²) >= 11 is 0. The van der Waals surface area contributed by atoms with Crippen molar-refractivity contribution in [2.24, 2.45) is 5.73 Å². The Bertz CT molecular complexity index is 314. The van der Waals surface area contributed by atoms with Crippen LogP contribution in [0.1, 0.15) is 84.5 Å². The minimum atomic E-state index is -1.68. The fourth-order valence-electron chi connectivity index (χ4n) is 3.24. The van der Waals surface area contributed by atoms with Crippen molar-refractivity contribution in [2.45, 2.75) is 90.2 Å². The number of likely N-dealkylation sites (N-methyl/N-ethyl adjacent to an activating group) is 1. The highest BCUT2D eigenvalue weighted by Crippen LogP contribution is 2.14. The molecule has 3 N–H and O–H groups in total. The van der Waals surface area contributed by atoms with Crippen LogP contribution in [0.2, 0.25) is 0 Å². The second-order valence-electron chi connectivity index (χ2n) is 7.74. The van der Waals surface area contributed by atoms with Gasteiger partial charge in [0.25, 0.3) is 0 Å². The van der Waals surface area contributed by atoms with Crippen molar-refractivity contribution in [3.05, 3.63) is 0 Å². The number of Topliss-reactive ketones (excluding diaryl/α,β-unsaturated/α-hetero) is 1. The van der Waals surface area contributed by atoms with E-state index < -0.39 is 5.72 Å². The van der Waals surface area contributed by atoms with Crippen LogP contribution in [0.3, 0.4) is 0 Å². The van der Waals surface area contributed by atoms with E-state index in [9.17, 15) is 9.90 Å². The summed E-state index contributed by atoms with van der Waals surface area (Å²) in [5, 5.41) is 10.3. The summed E-state index contributed by atoms with van der Waals surface area (Å²) in [5.74, 6) is -0.206. The highest BCUT2D eigenvalue weighted by Gasteiger charge is 2.37. The summed E-state index contributed by atoms with van der Waals surface area (Å²) in [4.78, 5) is 12.2. The van der Waals surface area contributed by atoms with Crippen LogP contribution in [0.15, 0.2) is 0 Å². The highest BCUT2D eigenvalue weighted by atomic mass is 16.3. The third-order valence-electron chi connectivity index (χ3n) is 4.49. The number of quaternary nitrogens is 1. The summed E-state index contributed by atoms with van der Waals surface area (Å²) in [5.41, 5.74) is 4.19. The third-order valence-corrected chi connectivity index (χ3v) is 4.49. The number of hydrogen-bond donors (Lipinski definition) is 2. The van der Waals surface area contributed by atoms with Crippen LogP contribution in [-0.4, -0.2) is 48.3 Å². The van der Waals surface area contributed by atoms with Crippen molar-refractivity contribution in [2.75, 3.05) is 27.2 Å². The van der Waals surface area contributed by atoms with Gasteiger partial charge in [0.15, 0.2) is 5.78 Å². The number of carbonyl (C=O) groups excluding carboxylic acids is 1. The van der Waals surface area contributed by atoms with Gasteiger partial charge in [0.2, 0.25) is 5.72 Å². The monoisotopic (exact) mass is 329 g/mol. The lowest BCUT2D eigenvalue weighted by atomic mass is 10.0. The van der Waals surface area contributed by atoms with Crippen molar-refractivity contribution in [1.82, 2.24) is 0 Å². The topological polar surface area (TPSA) is 63.3 Å². The predicted octanol–water partition coefficient (Wildman–Crippen LogP) is 3.61. The lowest BCUT2D eigenvalue weighted by molar-refractivity contribution is -0.895. The summed E-state index contributed by atoms with van der Waals surface area (Å²) in [6.45, 7) is 5.53. The average Bonchev–Trinajstić information content (AvgIpc) is 2.44. The fourth-order valence-corrected chi connectivity index (χ4v) is 3.24. The number of ketones is 1. The predicted molar refractivity (Wildman–Crippen MR) is 98.1 cm³/mol. The zero-order valence-corrected chi connectivity index (χ0v) is 16.1. The molecule has 0 radical (unpaired) electrons. The number of nitrogens with two attached hydrogens (primary N) is 1. The van der Waals surface area contributed by atoms with E-state index in [0.29, 0.717) is 10.9 Å². The van der Waals surface area contributed by atoms with Gasteiger partial charge < -0.3 is 9.59 Å². The van der Waals surface area contributed by atoms with Crippen LogP contribution in [-0.2, 0) is 4.79 Å². The molecule has 23 heavy (non-hydrogen) atoms. The molecule has 138 valence electrons. The van der Waals surface area contributed by atoms with Crippen LogP contribution in [0.4, 0.5) is 0 Å². The molecule has 0 aliphatic heterocycles. The Morgan fingerprint density at radius 3 is 1.87 bits per heavy atom. The van der Waals surface area contributed by atoms with Gasteiger partial charge >= 0.3 is 0 Å². The second kappa shape index (κ2) is 12.0. The van der Waals surface area contributed by atoms with Gasteiger partial charge in [-0.3, -0.25) is 10.5 Å². The molecule has 4 nitrogen and oxygen atoms in total. The SMILES string of the molecule is CCCCCCCCCCCC(=O)C(N)(O)C[N+](C)(C)CCC. The first-order valence-corrected chi connectivity index (χ1v) is 9.61. The highest BCUT2D eigenvalue weighted by molar-refractivity contribution is 5.86. The second-order valence-corrected chi connectivity index (χ2v) is 7.74. The molecule has 0 aliphatic rings. The Kier molecular flexibility index (Phi) is 11.8. The van der Waals surface area contributed by atoms with Crippen molar-refractivity contribution in [1.29, 1.82) is 0 Å². The molecule has 0 amide bonds. The molecule has 0 heterocycles. The van der Waals surface area contributed by atoms with Crippen molar-refractivity contribution in [3.63, 3.8) is 0 Å². The van der Waals surface area contributed by atoms with E-state index in [1.54, 1.807) is 0 Å². The number of aliphatic hydroxyl groups is 1. The molecular formula is C19H41N2O2+. The summed E-state index contributed by atoms with van der Waals surface area (Å²) in [7, 11) is 4.01. The van der Waals surface area contributed by atoms with E-state index in [2.05, 4.69) is 13.8 Å². The molecule has 1 atom stereocenters. The molecule has 0 aromatic rings. The zero-order valence-electron chi connectivity index (χ0n) is 16.1. The van der Waals surface area contributed by atoms with E-state index in [4.69, 9.17) is 5.73 Å². The van der Waals surface area contributed by atoms with Gasteiger partial charge in [0.05, 0.1) is 20.6 Å². The fraction of sp³-hybridized carbons (Fsp3) is 0.947. The average molecular weight is 330 g/mol. The van der Waals surface area contributed by atoms with Gasteiger partial charge in [0.1, 0.15) is 6.54 Å². The first-order valence-electron chi connectivity index (χ1n) is 9.61. The Balaban J connectivity index is 3.83. The molecular weight excluding hydrogens is 288 g/mol. The lowest BCUT2D eigenvalue weighted by Crippen LogP contribution is -2.61. The molecule has 4 heteroatoms. The van der Waals surface area contributed by atoms with Crippen LogP contribution in [0.25, 0.3) is 0 Å². The van der Waals surface area contributed by atoms with Crippen LogP contribution >= 0.6 is 0 Å². The lowest BCUT2D eigenvalue weighted by Gasteiger charge is -2.35. The Labute approximate surface area is 144 Å². The number of hydrogen-bond acceptors (Lipinski definition) is 3. The largest absolute Gasteiger partial charge is 0.365 e. The van der Waals surface area contributed by atoms with Crippen molar-refractivity contribution < 1.29 is 14.4 Å². The van der Waals surface area contributed by atoms with Crippen molar-refractivity contribution in [3.8, 4) is 0 Å². The summed E-state index contributed by atoms with van der Waals surface area (Å²) < 4.78 is 0.576. The van der Waals surface area contributed by atoms with E-state index in [-0.39, 0.29) is 12.3 Å². The van der Waals surface area contributed by atoms with Crippen LogP contribution in [0.5, 0.6) is 0 Å². The number of rotatable bonds is 15. The first-order chi connectivity index (χ1) is 10.7. The van der Waals surface area contributed by atoms with E-state index in [1.807, 2.05) is 14.1 Å². The molecule has 0 aromatic carbocycles. The van der Waals surface area contributed by atoms with Gasteiger partial charge in [-0.25, -0.2) is 0 Å². The number of nitrogens with zero attached hydrogens (tertiary/aromatic N) is 1. The third kappa shape index (κ3) is 11.7. The molecule has 0 aliphatic carbocycles. The molecule has 0 aromatic heterocycles. The first kappa shape index (κ1) is 22.6. The molecule has 0 saturated carbocycles. The van der Waals surface area contributed by atoms with E-state index in [1.165, 1.54) is 44.9 Å². The van der Waals surface area contributed by atoms with E-state index >= 15 is 0 Å². The zero-order chi connectivity index (χ0) is 17.8. The van der Waals surface area contributed by atoms with Gasteiger partial charge in [-0.2, -0.15) is 0 Å².